The van der Waals surface area contributed by atoms with Crippen molar-refractivity contribution < 1.29 is 4.74 Å². The smallest absolute Gasteiger partial charge is 0.217 e. The highest BCUT2D eigenvalue weighted by Gasteiger charge is 2.07. The first kappa shape index (κ1) is 12.9. The van der Waals surface area contributed by atoms with E-state index in [1.165, 1.54) is 0 Å². The number of nitrogens with zero attached hydrogens (tertiary/aromatic N) is 1. The van der Waals surface area contributed by atoms with Crippen molar-refractivity contribution in [2.45, 2.75) is 13.5 Å². The summed E-state index contributed by atoms with van der Waals surface area (Å²) in [6.07, 6.45) is 0. The van der Waals surface area contributed by atoms with Gasteiger partial charge in [0.25, 0.3) is 0 Å². The van der Waals surface area contributed by atoms with Crippen LogP contribution in [0.3, 0.4) is 0 Å². The molecule has 0 aliphatic rings. The summed E-state index contributed by atoms with van der Waals surface area (Å²) in [5, 5.41) is 1.68. The Bertz CT molecular complexity index is 741. The van der Waals surface area contributed by atoms with Crippen molar-refractivity contribution in [2.75, 3.05) is 0 Å². The van der Waals surface area contributed by atoms with E-state index in [0.29, 0.717) is 17.5 Å². The molecule has 0 bridgehead atoms. The Morgan fingerprint density at radius 1 is 1.05 bits per heavy atom. The summed E-state index contributed by atoms with van der Waals surface area (Å²) in [4.78, 5) is 4.54. The SMILES string of the molecule is Cc1cc2cccc(Cl)c2nc1OCc1ccccc1. The van der Waals surface area contributed by atoms with Crippen LogP contribution in [0, 0.1) is 6.92 Å². The molecular weight excluding hydrogens is 270 g/mol. The van der Waals surface area contributed by atoms with Crippen LogP contribution in [0.25, 0.3) is 10.9 Å². The van der Waals surface area contributed by atoms with Crippen molar-refractivity contribution in [3.63, 3.8) is 0 Å². The maximum atomic E-state index is 6.18. The van der Waals surface area contributed by atoms with Gasteiger partial charge < -0.3 is 4.74 Å². The molecule has 0 N–H and O–H groups in total. The number of rotatable bonds is 3. The standard InChI is InChI=1S/C17H14ClNO/c1-12-10-14-8-5-9-15(18)16(14)19-17(12)20-11-13-6-3-2-4-7-13/h2-10H,11H2,1H3. The van der Waals surface area contributed by atoms with Gasteiger partial charge in [-0.25, -0.2) is 4.98 Å². The summed E-state index contributed by atoms with van der Waals surface area (Å²) in [7, 11) is 0. The van der Waals surface area contributed by atoms with Gasteiger partial charge in [-0.3, -0.25) is 0 Å². The van der Waals surface area contributed by atoms with Crippen molar-refractivity contribution in [1.29, 1.82) is 0 Å². The molecule has 0 atom stereocenters. The van der Waals surface area contributed by atoms with Gasteiger partial charge >= 0.3 is 0 Å². The first-order valence-electron chi connectivity index (χ1n) is 6.46. The molecule has 0 spiro atoms. The molecule has 3 aromatic rings. The second-order valence-electron chi connectivity index (χ2n) is 4.70. The van der Waals surface area contributed by atoms with Crippen LogP contribution in [-0.2, 0) is 6.61 Å². The Morgan fingerprint density at radius 3 is 2.65 bits per heavy atom. The summed E-state index contributed by atoms with van der Waals surface area (Å²) in [5.41, 5.74) is 2.91. The monoisotopic (exact) mass is 283 g/mol. The van der Waals surface area contributed by atoms with Gasteiger partial charge in [0.05, 0.1) is 10.5 Å². The minimum atomic E-state index is 0.505. The van der Waals surface area contributed by atoms with E-state index in [-0.39, 0.29) is 0 Å². The maximum Gasteiger partial charge on any atom is 0.217 e. The zero-order chi connectivity index (χ0) is 13.9. The summed E-state index contributed by atoms with van der Waals surface area (Å²) in [6, 6.07) is 17.9. The fraction of sp³-hybridized carbons (Fsp3) is 0.118. The second kappa shape index (κ2) is 5.51. The number of ether oxygens (including phenoxy) is 1. The topological polar surface area (TPSA) is 22.1 Å². The van der Waals surface area contributed by atoms with E-state index in [4.69, 9.17) is 16.3 Å². The molecule has 3 rings (SSSR count). The third-order valence-electron chi connectivity index (χ3n) is 3.16. The third kappa shape index (κ3) is 2.61. The summed E-state index contributed by atoms with van der Waals surface area (Å²) < 4.78 is 5.82. The van der Waals surface area contributed by atoms with Crippen molar-refractivity contribution in [1.82, 2.24) is 4.98 Å². The fourth-order valence-corrected chi connectivity index (χ4v) is 2.35. The van der Waals surface area contributed by atoms with E-state index >= 15 is 0 Å². The van der Waals surface area contributed by atoms with E-state index < -0.39 is 0 Å². The van der Waals surface area contributed by atoms with Gasteiger partial charge in [-0.05, 0) is 24.6 Å². The average Bonchev–Trinajstić information content (AvgIpc) is 2.47. The predicted octanol–water partition coefficient (Wildman–Crippen LogP) is 4.78. The predicted molar refractivity (Wildman–Crippen MR) is 82.3 cm³/mol. The van der Waals surface area contributed by atoms with Gasteiger partial charge in [-0.15, -0.1) is 0 Å². The Hall–Kier alpha value is -2.06. The van der Waals surface area contributed by atoms with Gasteiger partial charge in [-0.1, -0.05) is 54.1 Å². The number of hydrogen-bond acceptors (Lipinski definition) is 2. The number of pyridine rings is 1. The molecule has 20 heavy (non-hydrogen) atoms. The molecule has 1 heterocycles. The molecule has 0 saturated heterocycles. The maximum absolute atomic E-state index is 6.18. The summed E-state index contributed by atoms with van der Waals surface area (Å²) in [5.74, 6) is 0.634. The lowest BCUT2D eigenvalue weighted by molar-refractivity contribution is 0.293. The number of aromatic nitrogens is 1. The molecule has 0 aliphatic carbocycles. The average molecular weight is 284 g/mol. The fourth-order valence-electron chi connectivity index (χ4n) is 2.12. The minimum Gasteiger partial charge on any atom is -0.473 e. The number of para-hydroxylation sites is 1. The molecule has 0 fully saturated rings. The molecule has 0 radical (unpaired) electrons. The van der Waals surface area contributed by atoms with E-state index in [2.05, 4.69) is 11.1 Å². The molecular formula is C17H14ClNO. The Labute approximate surface area is 123 Å². The highest BCUT2D eigenvalue weighted by molar-refractivity contribution is 6.35. The Balaban J connectivity index is 1.91. The van der Waals surface area contributed by atoms with Crippen molar-refractivity contribution in [3.05, 3.63) is 70.7 Å². The molecule has 100 valence electrons. The molecule has 2 aromatic carbocycles. The number of aryl methyl sites for hydroxylation is 1. The summed E-state index contributed by atoms with van der Waals surface area (Å²) in [6.45, 7) is 2.50. The first-order chi connectivity index (χ1) is 9.74. The molecule has 0 unspecified atom stereocenters. The lowest BCUT2D eigenvalue weighted by Crippen LogP contribution is -1.99. The Morgan fingerprint density at radius 2 is 1.85 bits per heavy atom. The largest absolute Gasteiger partial charge is 0.473 e. The number of hydrogen-bond donors (Lipinski definition) is 0. The highest BCUT2D eigenvalue weighted by Crippen LogP contribution is 2.27. The normalized spacial score (nSPS) is 10.7. The Kier molecular flexibility index (Phi) is 3.57. The zero-order valence-electron chi connectivity index (χ0n) is 11.1. The third-order valence-corrected chi connectivity index (χ3v) is 3.46. The zero-order valence-corrected chi connectivity index (χ0v) is 11.9. The van der Waals surface area contributed by atoms with E-state index in [0.717, 1.165) is 22.0 Å². The molecule has 3 heteroatoms. The van der Waals surface area contributed by atoms with Gasteiger partial charge in [-0.2, -0.15) is 0 Å². The molecule has 2 nitrogen and oxygen atoms in total. The lowest BCUT2D eigenvalue weighted by atomic mass is 10.1. The van der Waals surface area contributed by atoms with Crippen LogP contribution < -0.4 is 4.74 Å². The van der Waals surface area contributed by atoms with Crippen molar-refractivity contribution in [2.24, 2.45) is 0 Å². The van der Waals surface area contributed by atoms with Crippen LogP contribution >= 0.6 is 11.6 Å². The van der Waals surface area contributed by atoms with Crippen LogP contribution in [0.2, 0.25) is 5.02 Å². The first-order valence-corrected chi connectivity index (χ1v) is 6.84. The van der Waals surface area contributed by atoms with Gasteiger partial charge in [0.2, 0.25) is 5.88 Å². The van der Waals surface area contributed by atoms with Crippen LogP contribution in [0.15, 0.2) is 54.6 Å². The van der Waals surface area contributed by atoms with E-state index in [9.17, 15) is 0 Å². The second-order valence-corrected chi connectivity index (χ2v) is 5.10. The van der Waals surface area contributed by atoms with Gasteiger partial charge in [0.1, 0.15) is 6.61 Å². The quantitative estimate of drug-likeness (QED) is 0.690. The van der Waals surface area contributed by atoms with Crippen molar-refractivity contribution in [3.8, 4) is 5.88 Å². The molecule has 0 aliphatic heterocycles. The highest BCUT2D eigenvalue weighted by atomic mass is 35.5. The van der Waals surface area contributed by atoms with Crippen LogP contribution in [-0.4, -0.2) is 4.98 Å². The van der Waals surface area contributed by atoms with Gasteiger partial charge in [0.15, 0.2) is 0 Å². The lowest BCUT2D eigenvalue weighted by Gasteiger charge is -2.10. The van der Waals surface area contributed by atoms with Crippen molar-refractivity contribution >= 4 is 22.5 Å². The molecule has 0 amide bonds. The molecule has 0 saturated carbocycles. The minimum absolute atomic E-state index is 0.505. The number of fused-ring (bicyclic) bond motifs is 1. The van der Waals surface area contributed by atoms with E-state index in [1.807, 2.05) is 55.5 Å². The summed E-state index contributed by atoms with van der Waals surface area (Å²) >= 11 is 6.18. The molecule has 1 aromatic heterocycles. The number of benzene rings is 2. The van der Waals surface area contributed by atoms with E-state index in [1.54, 1.807) is 0 Å². The number of halogens is 1. The van der Waals surface area contributed by atoms with Gasteiger partial charge in [0, 0.05) is 10.9 Å². The van der Waals surface area contributed by atoms with Crippen LogP contribution in [0.5, 0.6) is 5.88 Å². The van der Waals surface area contributed by atoms with Crippen LogP contribution in [0.4, 0.5) is 0 Å². The van der Waals surface area contributed by atoms with Crippen LogP contribution in [0.1, 0.15) is 11.1 Å².